The molecule has 1 heterocycles. The van der Waals surface area contributed by atoms with Crippen LogP contribution in [-0.2, 0) is 0 Å². The molecular weight excluding hydrogens is 264 g/mol. The number of hydrogen-bond donors (Lipinski definition) is 1. The molecule has 3 heteroatoms. The van der Waals surface area contributed by atoms with Gasteiger partial charge in [-0.05, 0) is 55.7 Å². The predicted molar refractivity (Wildman–Crippen MR) is 89.3 cm³/mol. The second kappa shape index (κ2) is 7.58. The molecule has 0 aromatic carbocycles. The second-order valence-electron chi connectivity index (χ2n) is 6.58. The second-order valence-corrected chi connectivity index (χ2v) is 7.53. The first-order valence-electron chi connectivity index (χ1n) is 8.13. The van der Waals surface area contributed by atoms with Crippen molar-refractivity contribution >= 4 is 11.3 Å². The minimum Gasteiger partial charge on any atom is -0.329 e. The van der Waals surface area contributed by atoms with Gasteiger partial charge in [0, 0.05) is 17.5 Å². The van der Waals surface area contributed by atoms with Gasteiger partial charge in [0.2, 0.25) is 0 Å². The van der Waals surface area contributed by atoms with E-state index < -0.39 is 0 Å². The van der Waals surface area contributed by atoms with E-state index >= 15 is 0 Å². The van der Waals surface area contributed by atoms with Crippen molar-refractivity contribution < 1.29 is 0 Å². The van der Waals surface area contributed by atoms with Crippen LogP contribution in [-0.4, -0.2) is 24.0 Å². The molecule has 1 aromatic rings. The maximum absolute atomic E-state index is 6.17. The molecule has 1 saturated carbocycles. The van der Waals surface area contributed by atoms with Crippen molar-refractivity contribution in [3.8, 4) is 0 Å². The van der Waals surface area contributed by atoms with Crippen LogP contribution in [0.1, 0.15) is 62.4 Å². The third-order valence-electron chi connectivity index (χ3n) is 4.59. The van der Waals surface area contributed by atoms with Gasteiger partial charge in [0.1, 0.15) is 0 Å². The Morgan fingerprint density at radius 3 is 2.55 bits per heavy atom. The third kappa shape index (κ3) is 3.84. The molecule has 1 aliphatic carbocycles. The number of nitrogens with two attached hydrogens (primary N) is 1. The molecule has 20 heavy (non-hydrogen) atoms. The number of aryl methyl sites for hydroxylation is 1. The summed E-state index contributed by atoms with van der Waals surface area (Å²) in [5.74, 6) is 0.766. The lowest BCUT2D eigenvalue weighted by atomic mass is 10.0. The van der Waals surface area contributed by atoms with Gasteiger partial charge in [-0.15, -0.1) is 11.3 Å². The smallest absolute Gasteiger partial charge is 0.0569 e. The van der Waals surface area contributed by atoms with Crippen LogP contribution < -0.4 is 5.73 Å². The Bertz CT molecular complexity index is 393. The number of rotatable bonds is 7. The fraction of sp³-hybridized carbons (Fsp3) is 0.765. The lowest BCUT2D eigenvalue weighted by Gasteiger charge is -2.36. The Morgan fingerprint density at radius 1 is 1.35 bits per heavy atom. The first kappa shape index (κ1) is 16.0. The van der Waals surface area contributed by atoms with Crippen molar-refractivity contribution in [1.29, 1.82) is 0 Å². The van der Waals surface area contributed by atoms with Crippen molar-refractivity contribution in [2.24, 2.45) is 11.7 Å². The summed E-state index contributed by atoms with van der Waals surface area (Å²) < 4.78 is 0. The average Bonchev–Trinajstić information content (AvgIpc) is 3.06. The summed E-state index contributed by atoms with van der Waals surface area (Å²) in [6, 6.07) is 3.42. The standard InChI is InChI=1S/C17H30N2S/c1-13(2)8-10-19(15-6-4-5-7-15)16(12-18)17-14(3)9-11-20-17/h9,11,13,15-16H,4-8,10,12,18H2,1-3H3. The highest BCUT2D eigenvalue weighted by molar-refractivity contribution is 7.10. The van der Waals surface area contributed by atoms with Gasteiger partial charge in [-0.25, -0.2) is 0 Å². The monoisotopic (exact) mass is 294 g/mol. The molecule has 0 bridgehead atoms. The zero-order valence-corrected chi connectivity index (χ0v) is 14.1. The molecule has 1 atom stereocenters. The fourth-order valence-corrected chi connectivity index (χ4v) is 4.42. The van der Waals surface area contributed by atoms with Crippen LogP contribution in [0.5, 0.6) is 0 Å². The Morgan fingerprint density at radius 2 is 2.05 bits per heavy atom. The molecule has 114 valence electrons. The Hall–Kier alpha value is -0.380. The molecule has 0 spiro atoms. The van der Waals surface area contributed by atoms with Gasteiger partial charge in [0.25, 0.3) is 0 Å². The Labute approximate surface area is 128 Å². The highest BCUT2D eigenvalue weighted by Crippen LogP contribution is 2.34. The van der Waals surface area contributed by atoms with Crippen LogP contribution in [0.2, 0.25) is 0 Å². The molecule has 2 rings (SSSR count). The van der Waals surface area contributed by atoms with Crippen molar-refractivity contribution in [3.63, 3.8) is 0 Å². The first-order valence-corrected chi connectivity index (χ1v) is 9.01. The zero-order valence-electron chi connectivity index (χ0n) is 13.3. The van der Waals surface area contributed by atoms with Crippen molar-refractivity contribution in [2.45, 2.75) is 65.0 Å². The number of nitrogens with zero attached hydrogens (tertiary/aromatic N) is 1. The average molecular weight is 295 g/mol. The van der Waals surface area contributed by atoms with E-state index in [4.69, 9.17) is 5.73 Å². The van der Waals surface area contributed by atoms with Gasteiger partial charge < -0.3 is 5.73 Å². The predicted octanol–water partition coefficient (Wildman–Crippen LogP) is 4.35. The highest BCUT2D eigenvalue weighted by atomic mass is 32.1. The molecule has 1 aliphatic rings. The van der Waals surface area contributed by atoms with E-state index in [0.717, 1.165) is 18.5 Å². The van der Waals surface area contributed by atoms with Gasteiger partial charge in [0.05, 0.1) is 6.04 Å². The van der Waals surface area contributed by atoms with Crippen LogP contribution in [0.3, 0.4) is 0 Å². The summed E-state index contributed by atoms with van der Waals surface area (Å²) in [5, 5.41) is 2.21. The summed E-state index contributed by atoms with van der Waals surface area (Å²) in [6.45, 7) is 8.81. The topological polar surface area (TPSA) is 29.3 Å². The van der Waals surface area contributed by atoms with Crippen LogP contribution in [0.15, 0.2) is 11.4 Å². The maximum Gasteiger partial charge on any atom is 0.0569 e. The minimum atomic E-state index is 0.428. The molecule has 0 amide bonds. The molecule has 1 aromatic heterocycles. The number of hydrogen-bond acceptors (Lipinski definition) is 3. The lowest BCUT2D eigenvalue weighted by Crippen LogP contribution is -2.41. The largest absolute Gasteiger partial charge is 0.329 e. The normalized spacial score (nSPS) is 18.3. The lowest BCUT2D eigenvalue weighted by molar-refractivity contribution is 0.132. The molecule has 2 N–H and O–H groups in total. The summed E-state index contributed by atoms with van der Waals surface area (Å²) in [7, 11) is 0. The molecule has 0 saturated heterocycles. The summed E-state index contributed by atoms with van der Waals surface area (Å²) in [6.07, 6.45) is 6.78. The molecule has 1 unspecified atom stereocenters. The molecule has 0 radical (unpaired) electrons. The maximum atomic E-state index is 6.17. The van der Waals surface area contributed by atoms with Crippen LogP contribution in [0.25, 0.3) is 0 Å². The first-order chi connectivity index (χ1) is 9.63. The molecule has 1 fully saturated rings. The van der Waals surface area contributed by atoms with E-state index in [1.165, 1.54) is 49.1 Å². The Balaban J connectivity index is 2.16. The van der Waals surface area contributed by atoms with Crippen LogP contribution in [0, 0.1) is 12.8 Å². The quantitative estimate of drug-likeness (QED) is 0.810. The summed E-state index contributed by atoms with van der Waals surface area (Å²) in [5.41, 5.74) is 7.59. The summed E-state index contributed by atoms with van der Waals surface area (Å²) >= 11 is 1.88. The molecular formula is C17H30N2S. The SMILES string of the molecule is Cc1ccsc1C(CN)N(CCC(C)C)C1CCCC1. The third-order valence-corrected chi connectivity index (χ3v) is 5.71. The van der Waals surface area contributed by atoms with Crippen molar-refractivity contribution in [2.75, 3.05) is 13.1 Å². The van der Waals surface area contributed by atoms with Gasteiger partial charge >= 0.3 is 0 Å². The van der Waals surface area contributed by atoms with Crippen LogP contribution >= 0.6 is 11.3 Å². The zero-order chi connectivity index (χ0) is 14.5. The summed E-state index contributed by atoms with van der Waals surface area (Å²) in [4.78, 5) is 4.22. The van der Waals surface area contributed by atoms with E-state index in [9.17, 15) is 0 Å². The van der Waals surface area contributed by atoms with E-state index in [0.29, 0.717) is 6.04 Å². The van der Waals surface area contributed by atoms with Gasteiger partial charge in [-0.2, -0.15) is 0 Å². The van der Waals surface area contributed by atoms with Crippen LogP contribution in [0.4, 0.5) is 0 Å². The van der Waals surface area contributed by atoms with E-state index in [-0.39, 0.29) is 0 Å². The van der Waals surface area contributed by atoms with Gasteiger partial charge in [0.15, 0.2) is 0 Å². The van der Waals surface area contributed by atoms with Gasteiger partial charge in [-0.3, -0.25) is 4.90 Å². The van der Waals surface area contributed by atoms with E-state index in [1.54, 1.807) is 0 Å². The molecule has 2 nitrogen and oxygen atoms in total. The van der Waals surface area contributed by atoms with Gasteiger partial charge in [-0.1, -0.05) is 26.7 Å². The van der Waals surface area contributed by atoms with E-state index in [2.05, 4.69) is 37.1 Å². The minimum absolute atomic E-state index is 0.428. The number of thiophene rings is 1. The van der Waals surface area contributed by atoms with Crippen molar-refractivity contribution in [1.82, 2.24) is 4.90 Å². The van der Waals surface area contributed by atoms with E-state index in [1.807, 2.05) is 11.3 Å². The molecule has 0 aliphatic heterocycles. The fourth-order valence-electron chi connectivity index (χ4n) is 3.35. The Kier molecular flexibility index (Phi) is 6.06. The highest BCUT2D eigenvalue weighted by Gasteiger charge is 2.30. The van der Waals surface area contributed by atoms with Crippen molar-refractivity contribution in [3.05, 3.63) is 21.9 Å².